The molecule has 3 rings (SSSR count). The Hall–Kier alpha value is -1.76. The van der Waals surface area contributed by atoms with Gasteiger partial charge in [0.2, 0.25) is 5.91 Å². The minimum absolute atomic E-state index is 0.0101. The third kappa shape index (κ3) is 3.19. The van der Waals surface area contributed by atoms with Gasteiger partial charge in [0.15, 0.2) is 5.13 Å². The van der Waals surface area contributed by atoms with Crippen LogP contribution >= 0.6 is 11.3 Å². The van der Waals surface area contributed by atoms with Crippen molar-refractivity contribution < 1.29 is 9.90 Å². The molecule has 0 saturated carbocycles. The Morgan fingerprint density at radius 1 is 1.50 bits per heavy atom. The number of fused-ring (bicyclic) bond motifs is 1. The normalized spacial score (nSPS) is 18.0. The molecule has 1 unspecified atom stereocenters. The Labute approximate surface area is 133 Å². The second kappa shape index (κ2) is 6.56. The molecule has 1 atom stereocenters. The van der Waals surface area contributed by atoms with Crippen LogP contribution in [-0.4, -0.2) is 34.0 Å². The standard InChI is InChI=1S/C16H19N3O2S/c1-11(21)17-16-18-13(10-22-16)8-19-7-6-12-4-2-3-5-14(12)15(19)9-20/h2-5,10,15,20H,6-9H2,1H3,(H,17,18,21). The van der Waals surface area contributed by atoms with Crippen LogP contribution in [0.3, 0.4) is 0 Å². The summed E-state index contributed by atoms with van der Waals surface area (Å²) in [6.45, 7) is 3.15. The number of carbonyl (C=O) groups is 1. The van der Waals surface area contributed by atoms with Crippen molar-refractivity contribution in [3.05, 3.63) is 46.5 Å². The van der Waals surface area contributed by atoms with Gasteiger partial charge < -0.3 is 10.4 Å². The van der Waals surface area contributed by atoms with Crippen molar-refractivity contribution >= 4 is 22.4 Å². The summed E-state index contributed by atoms with van der Waals surface area (Å²) >= 11 is 1.43. The van der Waals surface area contributed by atoms with Gasteiger partial charge >= 0.3 is 0 Å². The third-order valence-corrected chi connectivity index (χ3v) is 4.70. The lowest BCUT2D eigenvalue weighted by atomic mass is 9.93. The number of amides is 1. The van der Waals surface area contributed by atoms with Gasteiger partial charge in [0.05, 0.1) is 18.3 Å². The number of thiazole rings is 1. The fourth-order valence-electron chi connectivity index (χ4n) is 2.90. The molecule has 5 nitrogen and oxygen atoms in total. The molecule has 116 valence electrons. The number of rotatable bonds is 4. The maximum absolute atomic E-state index is 11.1. The van der Waals surface area contributed by atoms with Crippen molar-refractivity contribution in [1.82, 2.24) is 9.88 Å². The van der Waals surface area contributed by atoms with E-state index in [1.165, 1.54) is 29.4 Å². The fraction of sp³-hybridized carbons (Fsp3) is 0.375. The van der Waals surface area contributed by atoms with E-state index in [4.69, 9.17) is 0 Å². The molecule has 2 heterocycles. The molecule has 0 aliphatic carbocycles. The molecule has 2 aromatic rings. The van der Waals surface area contributed by atoms with Gasteiger partial charge in [0.1, 0.15) is 0 Å². The SMILES string of the molecule is CC(=O)Nc1nc(CN2CCc3ccccc3C2CO)cs1. The zero-order valence-corrected chi connectivity index (χ0v) is 13.3. The van der Waals surface area contributed by atoms with Gasteiger partial charge in [-0.2, -0.15) is 0 Å². The molecule has 0 saturated heterocycles. The number of aliphatic hydroxyl groups is 1. The van der Waals surface area contributed by atoms with Crippen molar-refractivity contribution in [3.63, 3.8) is 0 Å². The molecule has 0 spiro atoms. The van der Waals surface area contributed by atoms with E-state index >= 15 is 0 Å². The van der Waals surface area contributed by atoms with Crippen LogP contribution in [0.25, 0.3) is 0 Å². The number of nitrogens with zero attached hydrogens (tertiary/aromatic N) is 2. The van der Waals surface area contributed by atoms with Crippen LogP contribution in [0.2, 0.25) is 0 Å². The topological polar surface area (TPSA) is 65.5 Å². The zero-order valence-electron chi connectivity index (χ0n) is 12.5. The first kappa shape index (κ1) is 15.1. The van der Waals surface area contributed by atoms with Crippen LogP contribution in [0.15, 0.2) is 29.6 Å². The zero-order chi connectivity index (χ0) is 15.5. The summed E-state index contributed by atoms with van der Waals surface area (Å²) in [6, 6.07) is 8.29. The smallest absolute Gasteiger partial charge is 0.223 e. The van der Waals surface area contributed by atoms with Crippen molar-refractivity contribution in [2.45, 2.75) is 25.9 Å². The van der Waals surface area contributed by atoms with Gasteiger partial charge in [0.25, 0.3) is 0 Å². The minimum Gasteiger partial charge on any atom is -0.394 e. The van der Waals surface area contributed by atoms with Gasteiger partial charge in [-0.1, -0.05) is 24.3 Å². The second-order valence-electron chi connectivity index (χ2n) is 5.44. The van der Waals surface area contributed by atoms with Gasteiger partial charge in [0, 0.05) is 25.4 Å². The number of hydrogen-bond acceptors (Lipinski definition) is 5. The van der Waals surface area contributed by atoms with Gasteiger partial charge in [-0.15, -0.1) is 11.3 Å². The number of carbonyl (C=O) groups excluding carboxylic acids is 1. The van der Waals surface area contributed by atoms with Crippen molar-refractivity contribution in [2.24, 2.45) is 0 Å². The predicted octanol–water partition coefficient (Wildman–Crippen LogP) is 2.19. The van der Waals surface area contributed by atoms with E-state index in [1.807, 2.05) is 17.5 Å². The second-order valence-corrected chi connectivity index (χ2v) is 6.30. The van der Waals surface area contributed by atoms with Crippen LogP contribution in [0.1, 0.15) is 29.8 Å². The number of nitrogens with one attached hydrogen (secondary N) is 1. The first-order chi connectivity index (χ1) is 10.7. The molecule has 0 radical (unpaired) electrons. The van der Waals surface area contributed by atoms with Gasteiger partial charge in [-0.25, -0.2) is 4.98 Å². The van der Waals surface area contributed by atoms with E-state index < -0.39 is 0 Å². The van der Waals surface area contributed by atoms with Crippen LogP contribution in [0.5, 0.6) is 0 Å². The van der Waals surface area contributed by atoms with E-state index in [0.717, 1.165) is 18.7 Å². The van der Waals surface area contributed by atoms with Crippen LogP contribution in [0.4, 0.5) is 5.13 Å². The molecule has 0 fully saturated rings. The number of hydrogen-bond donors (Lipinski definition) is 2. The predicted molar refractivity (Wildman–Crippen MR) is 86.8 cm³/mol. The molecule has 2 N–H and O–H groups in total. The van der Waals surface area contributed by atoms with Crippen molar-refractivity contribution in [1.29, 1.82) is 0 Å². The van der Waals surface area contributed by atoms with E-state index in [2.05, 4.69) is 27.3 Å². The Balaban J connectivity index is 1.75. The quantitative estimate of drug-likeness (QED) is 0.907. The maximum atomic E-state index is 11.1. The Kier molecular flexibility index (Phi) is 4.52. The van der Waals surface area contributed by atoms with E-state index in [9.17, 15) is 9.90 Å². The molecule has 1 aliphatic heterocycles. The summed E-state index contributed by atoms with van der Waals surface area (Å²) < 4.78 is 0. The molecule has 1 aliphatic rings. The lowest BCUT2D eigenvalue weighted by Crippen LogP contribution is -2.36. The molecule has 1 aromatic carbocycles. The molecule has 0 bridgehead atoms. The van der Waals surface area contributed by atoms with E-state index in [-0.39, 0.29) is 18.6 Å². The molecular formula is C16H19N3O2S. The van der Waals surface area contributed by atoms with E-state index in [0.29, 0.717) is 11.7 Å². The highest BCUT2D eigenvalue weighted by molar-refractivity contribution is 7.13. The minimum atomic E-state index is -0.110. The van der Waals surface area contributed by atoms with Crippen molar-refractivity contribution in [3.8, 4) is 0 Å². The molecule has 22 heavy (non-hydrogen) atoms. The van der Waals surface area contributed by atoms with Gasteiger partial charge in [-0.05, 0) is 17.5 Å². The monoisotopic (exact) mass is 317 g/mol. The van der Waals surface area contributed by atoms with Crippen LogP contribution < -0.4 is 5.32 Å². The summed E-state index contributed by atoms with van der Waals surface area (Å²) in [7, 11) is 0. The lowest BCUT2D eigenvalue weighted by molar-refractivity contribution is -0.114. The van der Waals surface area contributed by atoms with Crippen molar-refractivity contribution in [2.75, 3.05) is 18.5 Å². The number of aromatic nitrogens is 1. The Morgan fingerprint density at radius 2 is 2.32 bits per heavy atom. The summed E-state index contributed by atoms with van der Waals surface area (Å²) in [5, 5.41) is 15.1. The number of anilines is 1. The molecule has 1 amide bonds. The van der Waals surface area contributed by atoms with E-state index in [1.54, 1.807) is 0 Å². The van der Waals surface area contributed by atoms with Crippen LogP contribution in [0, 0.1) is 0 Å². The lowest BCUT2D eigenvalue weighted by Gasteiger charge is -2.35. The summed E-state index contributed by atoms with van der Waals surface area (Å²) in [4.78, 5) is 17.7. The number of benzene rings is 1. The number of aliphatic hydroxyl groups excluding tert-OH is 1. The molecule has 1 aromatic heterocycles. The first-order valence-electron chi connectivity index (χ1n) is 7.32. The highest BCUT2D eigenvalue weighted by Gasteiger charge is 2.26. The fourth-order valence-corrected chi connectivity index (χ4v) is 3.65. The highest BCUT2D eigenvalue weighted by atomic mass is 32.1. The third-order valence-electron chi connectivity index (χ3n) is 3.90. The molecule has 6 heteroatoms. The first-order valence-corrected chi connectivity index (χ1v) is 8.20. The van der Waals surface area contributed by atoms with Crippen LogP contribution in [-0.2, 0) is 17.8 Å². The Bertz CT molecular complexity index is 671. The maximum Gasteiger partial charge on any atom is 0.223 e. The average Bonchev–Trinajstić information content (AvgIpc) is 2.93. The average molecular weight is 317 g/mol. The highest BCUT2D eigenvalue weighted by Crippen LogP contribution is 2.30. The summed E-state index contributed by atoms with van der Waals surface area (Å²) in [5.74, 6) is -0.110. The van der Waals surface area contributed by atoms with Gasteiger partial charge in [-0.3, -0.25) is 9.69 Å². The summed E-state index contributed by atoms with van der Waals surface area (Å²) in [6.07, 6.45) is 0.982. The largest absolute Gasteiger partial charge is 0.394 e. The molecular weight excluding hydrogens is 298 g/mol. The Morgan fingerprint density at radius 3 is 3.09 bits per heavy atom. The summed E-state index contributed by atoms with van der Waals surface area (Å²) in [5.41, 5.74) is 3.44.